The summed E-state index contributed by atoms with van der Waals surface area (Å²) in [6, 6.07) is 15.0. The molecule has 0 radical (unpaired) electrons. The summed E-state index contributed by atoms with van der Waals surface area (Å²) in [5, 5.41) is 5.59. The zero-order valence-corrected chi connectivity index (χ0v) is 17.2. The average molecular weight is 456 g/mol. The normalized spacial score (nSPS) is 15.9. The van der Waals surface area contributed by atoms with Crippen molar-refractivity contribution in [1.82, 2.24) is 15.1 Å². The summed E-state index contributed by atoms with van der Waals surface area (Å²) in [7, 11) is 1.87. The molecule has 0 amide bonds. The fourth-order valence-corrected chi connectivity index (χ4v) is 3.52. The summed E-state index contributed by atoms with van der Waals surface area (Å²) in [6.45, 7) is 6.10. The molecule has 2 aromatic rings. The molecule has 0 unspecified atom stereocenters. The lowest BCUT2D eigenvalue weighted by Crippen LogP contribution is -2.52. The third-order valence-corrected chi connectivity index (χ3v) is 5.01. The van der Waals surface area contributed by atoms with Crippen molar-refractivity contribution in [1.29, 1.82) is 0 Å². The van der Waals surface area contributed by atoms with E-state index in [1.807, 2.05) is 7.05 Å². The fraction of sp³-hybridized carbons (Fsp3) is 0.389. The Morgan fingerprint density at radius 3 is 2.46 bits per heavy atom. The zero-order chi connectivity index (χ0) is 15.9. The SMILES string of the molecule is CN=C(NCc1cccs1)N1CCN(Cc2ccccc2)CC1.I. The van der Waals surface area contributed by atoms with Crippen LogP contribution in [0.25, 0.3) is 0 Å². The lowest BCUT2D eigenvalue weighted by molar-refractivity contribution is 0.172. The standard InChI is InChI=1S/C18H24N4S.HI/c1-19-18(20-14-17-8-5-13-23-17)22-11-9-21(10-12-22)15-16-6-3-2-4-7-16;/h2-8,13H,9-12,14-15H2,1H3,(H,19,20);1H. The minimum Gasteiger partial charge on any atom is -0.351 e. The van der Waals surface area contributed by atoms with Crippen LogP contribution in [-0.4, -0.2) is 49.0 Å². The maximum absolute atomic E-state index is 4.44. The van der Waals surface area contributed by atoms with Crippen molar-refractivity contribution in [2.45, 2.75) is 13.1 Å². The van der Waals surface area contributed by atoms with Gasteiger partial charge in [-0.3, -0.25) is 9.89 Å². The molecule has 4 nitrogen and oxygen atoms in total. The number of rotatable bonds is 4. The van der Waals surface area contributed by atoms with Gasteiger partial charge in [-0.05, 0) is 17.0 Å². The number of guanidine groups is 1. The maximum Gasteiger partial charge on any atom is 0.194 e. The zero-order valence-electron chi connectivity index (χ0n) is 14.0. The van der Waals surface area contributed by atoms with Crippen molar-refractivity contribution in [3.8, 4) is 0 Å². The van der Waals surface area contributed by atoms with Crippen LogP contribution in [0.4, 0.5) is 0 Å². The number of aliphatic imine (C=N–C) groups is 1. The molecule has 130 valence electrons. The van der Waals surface area contributed by atoms with Gasteiger partial charge < -0.3 is 10.2 Å². The summed E-state index contributed by atoms with van der Waals surface area (Å²) in [6.07, 6.45) is 0. The van der Waals surface area contributed by atoms with Gasteiger partial charge in [-0.2, -0.15) is 0 Å². The molecule has 1 N–H and O–H groups in total. The van der Waals surface area contributed by atoms with E-state index in [1.165, 1.54) is 10.4 Å². The minimum atomic E-state index is 0. The van der Waals surface area contributed by atoms with Crippen molar-refractivity contribution < 1.29 is 0 Å². The number of hydrogen-bond donors (Lipinski definition) is 1. The Morgan fingerprint density at radius 1 is 1.08 bits per heavy atom. The highest BCUT2D eigenvalue weighted by Gasteiger charge is 2.19. The van der Waals surface area contributed by atoms with Crippen molar-refractivity contribution in [3.63, 3.8) is 0 Å². The van der Waals surface area contributed by atoms with Crippen LogP contribution in [0.3, 0.4) is 0 Å². The van der Waals surface area contributed by atoms with E-state index in [2.05, 4.69) is 68.0 Å². The summed E-state index contributed by atoms with van der Waals surface area (Å²) in [5.41, 5.74) is 1.39. The first-order valence-corrected chi connectivity index (χ1v) is 8.97. The Bertz CT molecular complexity index is 607. The molecular formula is C18H25IN4S. The quantitative estimate of drug-likeness (QED) is 0.436. The molecule has 0 saturated carbocycles. The Morgan fingerprint density at radius 2 is 1.83 bits per heavy atom. The van der Waals surface area contributed by atoms with Gasteiger partial charge >= 0.3 is 0 Å². The Kier molecular flexibility index (Phi) is 8.01. The number of benzene rings is 1. The van der Waals surface area contributed by atoms with Gasteiger partial charge in [0.2, 0.25) is 0 Å². The van der Waals surface area contributed by atoms with Crippen LogP contribution in [0.1, 0.15) is 10.4 Å². The van der Waals surface area contributed by atoms with Crippen LogP contribution < -0.4 is 5.32 Å². The summed E-state index contributed by atoms with van der Waals surface area (Å²) < 4.78 is 0. The Labute approximate surface area is 165 Å². The van der Waals surface area contributed by atoms with Gasteiger partial charge in [0.25, 0.3) is 0 Å². The topological polar surface area (TPSA) is 30.9 Å². The van der Waals surface area contributed by atoms with E-state index in [1.54, 1.807) is 11.3 Å². The number of thiophene rings is 1. The van der Waals surface area contributed by atoms with Crippen LogP contribution in [0.15, 0.2) is 52.8 Å². The molecule has 3 rings (SSSR count). The molecule has 1 aliphatic heterocycles. The lowest BCUT2D eigenvalue weighted by Gasteiger charge is -2.36. The second-order valence-corrected chi connectivity index (χ2v) is 6.76. The van der Waals surface area contributed by atoms with Crippen LogP contribution in [0, 0.1) is 0 Å². The first-order chi connectivity index (χ1) is 11.3. The van der Waals surface area contributed by atoms with Crippen molar-refractivity contribution >= 4 is 41.3 Å². The monoisotopic (exact) mass is 456 g/mol. The smallest absolute Gasteiger partial charge is 0.194 e. The van der Waals surface area contributed by atoms with Crippen LogP contribution in [0.2, 0.25) is 0 Å². The average Bonchev–Trinajstić information content (AvgIpc) is 3.11. The van der Waals surface area contributed by atoms with E-state index < -0.39 is 0 Å². The molecule has 0 bridgehead atoms. The molecule has 0 atom stereocenters. The number of hydrogen-bond acceptors (Lipinski definition) is 3. The predicted octanol–water partition coefficient (Wildman–Crippen LogP) is 3.26. The van der Waals surface area contributed by atoms with E-state index in [4.69, 9.17) is 0 Å². The first-order valence-electron chi connectivity index (χ1n) is 8.09. The van der Waals surface area contributed by atoms with Crippen molar-refractivity contribution in [2.24, 2.45) is 4.99 Å². The highest BCUT2D eigenvalue weighted by Crippen LogP contribution is 2.10. The van der Waals surface area contributed by atoms with Gasteiger partial charge in [0.1, 0.15) is 0 Å². The van der Waals surface area contributed by atoms with Crippen LogP contribution in [-0.2, 0) is 13.1 Å². The molecule has 2 heterocycles. The molecular weight excluding hydrogens is 431 g/mol. The predicted molar refractivity (Wildman–Crippen MR) is 113 cm³/mol. The van der Waals surface area contributed by atoms with Crippen molar-refractivity contribution in [2.75, 3.05) is 33.2 Å². The number of piperazine rings is 1. The lowest BCUT2D eigenvalue weighted by atomic mass is 10.2. The molecule has 1 aromatic heterocycles. The highest BCUT2D eigenvalue weighted by molar-refractivity contribution is 14.0. The molecule has 24 heavy (non-hydrogen) atoms. The van der Waals surface area contributed by atoms with E-state index in [-0.39, 0.29) is 24.0 Å². The van der Waals surface area contributed by atoms with Crippen LogP contribution in [0.5, 0.6) is 0 Å². The fourth-order valence-electron chi connectivity index (χ4n) is 2.87. The van der Waals surface area contributed by atoms with E-state index in [9.17, 15) is 0 Å². The van der Waals surface area contributed by atoms with Crippen LogP contribution >= 0.6 is 35.3 Å². The maximum atomic E-state index is 4.44. The minimum absolute atomic E-state index is 0. The van der Waals surface area contributed by atoms with E-state index in [0.717, 1.165) is 45.2 Å². The summed E-state index contributed by atoms with van der Waals surface area (Å²) in [5.74, 6) is 1.01. The molecule has 0 aliphatic carbocycles. The highest BCUT2D eigenvalue weighted by atomic mass is 127. The second kappa shape index (κ2) is 10.0. The van der Waals surface area contributed by atoms with Gasteiger partial charge in [-0.1, -0.05) is 36.4 Å². The Balaban J connectivity index is 0.00000208. The van der Waals surface area contributed by atoms with Gasteiger partial charge in [0.15, 0.2) is 5.96 Å². The van der Waals surface area contributed by atoms with Gasteiger partial charge in [0, 0.05) is 44.6 Å². The summed E-state index contributed by atoms with van der Waals surface area (Å²) in [4.78, 5) is 10.6. The molecule has 1 fully saturated rings. The van der Waals surface area contributed by atoms with E-state index >= 15 is 0 Å². The largest absolute Gasteiger partial charge is 0.351 e. The molecule has 6 heteroatoms. The second-order valence-electron chi connectivity index (χ2n) is 5.73. The summed E-state index contributed by atoms with van der Waals surface area (Å²) >= 11 is 1.78. The molecule has 1 aromatic carbocycles. The van der Waals surface area contributed by atoms with E-state index in [0.29, 0.717) is 0 Å². The first kappa shape index (κ1) is 19.2. The van der Waals surface area contributed by atoms with Crippen molar-refractivity contribution in [3.05, 3.63) is 58.3 Å². The van der Waals surface area contributed by atoms with Gasteiger partial charge in [-0.25, -0.2) is 0 Å². The third kappa shape index (κ3) is 5.46. The number of nitrogens with zero attached hydrogens (tertiary/aromatic N) is 3. The molecule has 1 saturated heterocycles. The number of nitrogens with one attached hydrogen (secondary N) is 1. The van der Waals surface area contributed by atoms with Gasteiger partial charge in [-0.15, -0.1) is 35.3 Å². The van der Waals surface area contributed by atoms with Gasteiger partial charge in [0.05, 0.1) is 6.54 Å². The Hall–Kier alpha value is -1.12. The third-order valence-electron chi connectivity index (χ3n) is 4.13. The number of halogens is 1. The molecule has 0 spiro atoms. The molecule has 1 aliphatic rings.